The minimum atomic E-state index is 0.0670. The molecule has 3 aromatic rings. The van der Waals surface area contributed by atoms with E-state index in [1.54, 1.807) is 11.3 Å². The predicted molar refractivity (Wildman–Crippen MR) is 107 cm³/mol. The molecule has 1 aliphatic rings. The van der Waals surface area contributed by atoms with Crippen LogP contribution in [0.4, 0.5) is 0 Å². The highest BCUT2D eigenvalue weighted by Crippen LogP contribution is 2.29. The van der Waals surface area contributed by atoms with Crippen LogP contribution in [0.5, 0.6) is 0 Å². The standard InChI is InChI=1S/C19H21N3O2S2/c1-11-12(2)26-17-16(11)19(24)22(13(3)20-17)14-6-8-21(9-7-14)18(23)15-5-4-10-25-15/h4-5,10,14H,6-9H2,1-3H3. The Morgan fingerprint density at radius 1 is 1.23 bits per heavy atom. The van der Waals surface area contributed by atoms with Gasteiger partial charge in [-0.3, -0.25) is 14.2 Å². The Kier molecular flexibility index (Phi) is 4.44. The van der Waals surface area contributed by atoms with Gasteiger partial charge in [-0.1, -0.05) is 6.07 Å². The summed E-state index contributed by atoms with van der Waals surface area (Å²) in [6, 6.07) is 3.87. The first-order chi connectivity index (χ1) is 12.5. The van der Waals surface area contributed by atoms with E-state index in [1.807, 2.05) is 47.8 Å². The van der Waals surface area contributed by atoms with E-state index >= 15 is 0 Å². The molecule has 0 radical (unpaired) electrons. The Balaban J connectivity index is 1.61. The summed E-state index contributed by atoms with van der Waals surface area (Å²) in [4.78, 5) is 35.0. The summed E-state index contributed by atoms with van der Waals surface area (Å²) < 4.78 is 1.86. The fourth-order valence-electron chi connectivity index (χ4n) is 3.72. The first kappa shape index (κ1) is 17.4. The second-order valence-electron chi connectivity index (χ2n) is 6.80. The number of rotatable bonds is 2. The van der Waals surface area contributed by atoms with Crippen molar-refractivity contribution >= 4 is 38.8 Å². The third kappa shape index (κ3) is 2.79. The van der Waals surface area contributed by atoms with E-state index in [0.717, 1.165) is 44.2 Å². The molecule has 1 fully saturated rings. The molecule has 4 rings (SSSR count). The Hall–Kier alpha value is -1.99. The molecular weight excluding hydrogens is 366 g/mol. The lowest BCUT2D eigenvalue weighted by Gasteiger charge is -2.33. The molecule has 3 aromatic heterocycles. The monoisotopic (exact) mass is 387 g/mol. The van der Waals surface area contributed by atoms with Crippen molar-refractivity contribution in [3.63, 3.8) is 0 Å². The van der Waals surface area contributed by atoms with Crippen molar-refractivity contribution < 1.29 is 4.79 Å². The van der Waals surface area contributed by atoms with Gasteiger partial charge in [0.25, 0.3) is 11.5 Å². The maximum Gasteiger partial charge on any atom is 0.263 e. The number of amides is 1. The van der Waals surface area contributed by atoms with Crippen molar-refractivity contribution in [1.82, 2.24) is 14.5 Å². The third-order valence-corrected chi connectivity index (χ3v) is 7.22. The SMILES string of the molecule is Cc1sc2nc(C)n(C3CCN(C(=O)c4cccs4)CC3)c(=O)c2c1C. The van der Waals surface area contributed by atoms with Crippen LogP contribution in [0.25, 0.3) is 10.2 Å². The highest BCUT2D eigenvalue weighted by molar-refractivity contribution is 7.18. The van der Waals surface area contributed by atoms with E-state index in [9.17, 15) is 9.59 Å². The van der Waals surface area contributed by atoms with Crippen molar-refractivity contribution in [3.05, 3.63) is 49.0 Å². The van der Waals surface area contributed by atoms with Crippen LogP contribution in [0.1, 0.15) is 44.8 Å². The van der Waals surface area contributed by atoms with Crippen LogP contribution in [-0.2, 0) is 0 Å². The molecule has 0 atom stereocenters. The van der Waals surface area contributed by atoms with Gasteiger partial charge in [-0.25, -0.2) is 4.98 Å². The number of fused-ring (bicyclic) bond motifs is 1. The molecule has 0 N–H and O–H groups in total. The van der Waals surface area contributed by atoms with Crippen LogP contribution in [0.15, 0.2) is 22.3 Å². The maximum absolute atomic E-state index is 13.1. The molecule has 4 heterocycles. The van der Waals surface area contributed by atoms with Crippen LogP contribution in [0.2, 0.25) is 0 Å². The van der Waals surface area contributed by atoms with Crippen molar-refractivity contribution in [2.45, 2.75) is 39.7 Å². The number of aryl methyl sites for hydroxylation is 3. The number of thiophene rings is 2. The summed E-state index contributed by atoms with van der Waals surface area (Å²) in [5, 5.41) is 2.68. The minimum absolute atomic E-state index is 0.0670. The van der Waals surface area contributed by atoms with Gasteiger partial charge < -0.3 is 4.90 Å². The summed E-state index contributed by atoms with van der Waals surface area (Å²) in [6.07, 6.45) is 1.57. The third-order valence-electron chi connectivity index (χ3n) is 5.26. The van der Waals surface area contributed by atoms with Gasteiger partial charge in [-0.15, -0.1) is 22.7 Å². The number of piperidine rings is 1. The molecule has 1 amide bonds. The Labute approximate surface area is 159 Å². The second-order valence-corrected chi connectivity index (χ2v) is 8.95. The molecule has 7 heteroatoms. The van der Waals surface area contributed by atoms with Crippen molar-refractivity contribution in [2.24, 2.45) is 0 Å². The van der Waals surface area contributed by atoms with Gasteiger partial charge in [-0.2, -0.15) is 0 Å². The first-order valence-corrected chi connectivity index (χ1v) is 10.5. The number of nitrogens with zero attached hydrogens (tertiary/aromatic N) is 3. The van der Waals surface area contributed by atoms with E-state index in [1.165, 1.54) is 11.3 Å². The van der Waals surface area contributed by atoms with Crippen LogP contribution in [0, 0.1) is 20.8 Å². The summed E-state index contributed by atoms with van der Waals surface area (Å²) in [5.41, 5.74) is 1.11. The molecule has 136 valence electrons. The smallest absolute Gasteiger partial charge is 0.263 e. The molecule has 1 saturated heterocycles. The minimum Gasteiger partial charge on any atom is -0.338 e. The molecule has 1 aliphatic heterocycles. The summed E-state index contributed by atoms with van der Waals surface area (Å²) in [7, 11) is 0. The van der Waals surface area contributed by atoms with Gasteiger partial charge in [0.2, 0.25) is 0 Å². The molecule has 0 saturated carbocycles. The van der Waals surface area contributed by atoms with Gasteiger partial charge in [0.05, 0.1) is 10.3 Å². The van der Waals surface area contributed by atoms with Crippen molar-refractivity contribution in [2.75, 3.05) is 13.1 Å². The van der Waals surface area contributed by atoms with Gasteiger partial charge in [0, 0.05) is 24.0 Å². The fraction of sp³-hybridized carbons (Fsp3) is 0.421. The lowest BCUT2D eigenvalue weighted by molar-refractivity contribution is 0.0697. The van der Waals surface area contributed by atoms with Gasteiger partial charge >= 0.3 is 0 Å². The lowest BCUT2D eigenvalue weighted by atomic mass is 10.0. The normalized spacial score (nSPS) is 15.7. The Bertz CT molecular complexity index is 1030. The average molecular weight is 388 g/mol. The zero-order chi connectivity index (χ0) is 18.4. The average Bonchev–Trinajstić information content (AvgIpc) is 3.24. The van der Waals surface area contributed by atoms with Crippen LogP contribution in [-0.4, -0.2) is 33.4 Å². The summed E-state index contributed by atoms with van der Waals surface area (Å²) in [5.74, 6) is 0.868. The zero-order valence-electron chi connectivity index (χ0n) is 15.1. The number of aromatic nitrogens is 2. The topological polar surface area (TPSA) is 55.2 Å². The second kappa shape index (κ2) is 6.63. The van der Waals surface area contributed by atoms with E-state index in [0.29, 0.717) is 13.1 Å². The molecule has 0 unspecified atom stereocenters. The summed E-state index contributed by atoms with van der Waals surface area (Å²) >= 11 is 3.07. The van der Waals surface area contributed by atoms with Crippen LogP contribution < -0.4 is 5.56 Å². The molecule has 0 bridgehead atoms. The summed E-state index contributed by atoms with van der Waals surface area (Å²) in [6.45, 7) is 7.29. The largest absolute Gasteiger partial charge is 0.338 e. The molecule has 0 spiro atoms. The molecule has 0 aliphatic carbocycles. The number of hydrogen-bond acceptors (Lipinski definition) is 5. The first-order valence-electron chi connectivity index (χ1n) is 8.79. The van der Waals surface area contributed by atoms with E-state index < -0.39 is 0 Å². The molecule has 26 heavy (non-hydrogen) atoms. The van der Waals surface area contributed by atoms with Gasteiger partial charge in [0.15, 0.2) is 0 Å². The highest BCUT2D eigenvalue weighted by Gasteiger charge is 2.27. The van der Waals surface area contributed by atoms with Crippen molar-refractivity contribution in [1.29, 1.82) is 0 Å². The number of likely N-dealkylation sites (tertiary alicyclic amines) is 1. The molecule has 0 aromatic carbocycles. The van der Waals surface area contributed by atoms with Crippen LogP contribution in [0.3, 0.4) is 0 Å². The van der Waals surface area contributed by atoms with E-state index in [4.69, 9.17) is 4.98 Å². The molecular formula is C19H21N3O2S2. The lowest BCUT2D eigenvalue weighted by Crippen LogP contribution is -2.41. The number of carbonyl (C=O) groups is 1. The number of carbonyl (C=O) groups excluding carboxylic acids is 1. The quantitative estimate of drug-likeness (QED) is 0.670. The maximum atomic E-state index is 13.1. The van der Waals surface area contributed by atoms with Gasteiger partial charge in [0.1, 0.15) is 10.7 Å². The van der Waals surface area contributed by atoms with E-state index in [2.05, 4.69) is 0 Å². The fourth-order valence-corrected chi connectivity index (χ4v) is 5.48. The van der Waals surface area contributed by atoms with E-state index in [-0.39, 0.29) is 17.5 Å². The Morgan fingerprint density at radius 2 is 1.96 bits per heavy atom. The Morgan fingerprint density at radius 3 is 2.62 bits per heavy atom. The predicted octanol–water partition coefficient (Wildman–Crippen LogP) is 3.92. The van der Waals surface area contributed by atoms with Crippen LogP contribution >= 0.6 is 22.7 Å². The zero-order valence-corrected chi connectivity index (χ0v) is 16.7. The molecule has 5 nitrogen and oxygen atoms in total. The number of hydrogen-bond donors (Lipinski definition) is 0. The van der Waals surface area contributed by atoms with Gasteiger partial charge in [-0.05, 0) is 50.6 Å². The van der Waals surface area contributed by atoms with Crippen molar-refractivity contribution in [3.8, 4) is 0 Å². The highest BCUT2D eigenvalue weighted by atomic mass is 32.1.